The van der Waals surface area contributed by atoms with Gasteiger partial charge in [0.2, 0.25) is 0 Å². The molecule has 0 saturated heterocycles. The van der Waals surface area contributed by atoms with Crippen molar-refractivity contribution >= 4 is 68.6 Å². The SMILES string of the molecule is CC(=O)c1sc(N(C(=O)c2ccc(Cl)cc2)c2ccc(Cl)c(Cl)c2)nc1C. The highest BCUT2D eigenvalue weighted by Gasteiger charge is 2.25. The normalized spacial score (nSPS) is 10.7. The van der Waals surface area contributed by atoms with Gasteiger partial charge < -0.3 is 0 Å². The molecule has 0 N–H and O–H groups in total. The average molecular weight is 440 g/mol. The summed E-state index contributed by atoms with van der Waals surface area (Å²) < 4.78 is 0. The molecule has 3 rings (SSSR count). The summed E-state index contributed by atoms with van der Waals surface area (Å²) in [5, 5.41) is 1.58. The van der Waals surface area contributed by atoms with Crippen LogP contribution in [0.5, 0.6) is 0 Å². The van der Waals surface area contributed by atoms with Crippen LogP contribution in [0.25, 0.3) is 0 Å². The second-order valence-corrected chi connectivity index (χ2v) is 7.94. The molecule has 0 radical (unpaired) electrons. The number of carbonyl (C=O) groups is 2. The zero-order valence-electron chi connectivity index (χ0n) is 14.3. The van der Waals surface area contributed by atoms with Crippen molar-refractivity contribution < 1.29 is 9.59 Å². The molecule has 0 aliphatic heterocycles. The standard InChI is InChI=1S/C19H13Cl3N2O2S/c1-10-17(11(2)25)27-19(23-10)24(14-7-8-15(21)16(22)9-14)18(26)12-3-5-13(20)6-4-12/h3-9H,1-2H3. The van der Waals surface area contributed by atoms with Gasteiger partial charge in [0.1, 0.15) is 0 Å². The molecular formula is C19H13Cl3N2O2S. The van der Waals surface area contributed by atoms with E-state index in [1.807, 2.05) is 0 Å². The Balaban J connectivity index is 2.15. The first-order chi connectivity index (χ1) is 12.8. The van der Waals surface area contributed by atoms with Gasteiger partial charge in [0, 0.05) is 17.5 Å². The number of amides is 1. The van der Waals surface area contributed by atoms with E-state index in [2.05, 4.69) is 4.98 Å². The number of Topliss-reactive ketones (excluding diaryl/α,β-unsaturated/α-hetero) is 1. The van der Waals surface area contributed by atoms with E-state index in [1.54, 1.807) is 49.4 Å². The van der Waals surface area contributed by atoms with E-state index in [4.69, 9.17) is 34.8 Å². The molecule has 1 amide bonds. The Kier molecular flexibility index (Phi) is 5.86. The molecule has 2 aromatic carbocycles. The molecule has 27 heavy (non-hydrogen) atoms. The molecular weight excluding hydrogens is 427 g/mol. The maximum Gasteiger partial charge on any atom is 0.264 e. The van der Waals surface area contributed by atoms with Crippen molar-refractivity contribution in [2.24, 2.45) is 0 Å². The molecule has 1 heterocycles. The first-order valence-electron chi connectivity index (χ1n) is 7.81. The minimum atomic E-state index is -0.325. The average Bonchev–Trinajstić information content (AvgIpc) is 3.00. The molecule has 0 unspecified atom stereocenters. The summed E-state index contributed by atoms with van der Waals surface area (Å²) in [6, 6.07) is 11.4. The largest absolute Gasteiger partial charge is 0.294 e. The second-order valence-electron chi connectivity index (χ2n) is 5.71. The predicted octanol–water partition coefficient (Wildman–Crippen LogP) is 6.59. The minimum Gasteiger partial charge on any atom is -0.294 e. The van der Waals surface area contributed by atoms with Crippen LogP contribution in [0.1, 0.15) is 32.6 Å². The number of anilines is 2. The number of hydrogen-bond acceptors (Lipinski definition) is 4. The van der Waals surface area contributed by atoms with Crippen LogP contribution < -0.4 is 4.90 Å². The highest BCUT2D eigenvalue weighted by Crippen LogP contribution is 2.36. The number of thiazole rings is 1. The first kappa shape index (κ1) is 19.8. The number of aromatic nitrogens is 1. The summed E-state index contributed by atoms with van der Waals surface area (Å²) in [4.78, 5) is 31.4. The number of hydrogen-bond donors (Lipinski definition) is 0. The molecule has 1 aromatic heterocycles. The first-order valence-corrected chi connectivity index (χ1v) is 9.76. The lowest BCUT2D eigenvalue weighted by Crippen LogP contribution is -2.25. The van der Waals surface area contributed by atoms with Crippen molar-refractivity contribution in [3.8, 4) is 0 Å². The summed E-state index contributed by atoms with van der Waals surface area (Å²) in [5.41, 5.74) is 1.48. The van der Waals surface area contributed by atoms with Gasteiger partial charge in [0.05, 0.1) is 26.3 Å². The molecule has 0 atom stereocenters. The van der Waals surface area contributed by atoms with Gasteiger partial charge in [0.15, 0.2) is 10.9 Å². The third-order valence-electron chi connectivity index (χ3n) is 3.75. The second kappa shape index (κ2) is 7.98. The third-order valence-corrected chi connectivity index (χ3v) is 5.99. The summed E-state index contributed by atoms with van der Waals surface area (Å²) in [6.07, 6.45) is 0. The minimum absolute atomic E-state index is 0.107. The van der Waals surface area contributed by atoms with Crippen LogP contribution in [0.4, 0.5) is 10.8 Å². The lowest BCUT2D eigenvalue weighted by atomic mass is 10.2. The zero-order valence-corrected chi connectivity index (χ0v) is 17.4. The Bertz CT molecular complexity index is 1030. The lowest BCUT2D eigenvalue weighted by Gasteiger charge is -2.20. The monoisotopic (exact) mass is 438 g/mol. The van der Waals surface area contributed by atoms with Gasteiger partial charge in [-0.2, -0.15) is 0 Å². The van der Waals surface area contributed by atoms with E-state index in [-0.39, 0.29) is 11.7 Å². The van der Waals surface area contributed by atoms with Crippen LogP contribution in [0.15, 0.2) is 42.5 Å². The van der Waals surface area contributed by atoms with Gasteiger partial charge in [-0.25, -0.2) is 4.98 Å². The molecule has 0 aliphatic carbocycles. The quantitative estimate of drug-likeness (QED) is 0.431. The number of halogens is 3. The van der Waals surface area contributed by atoms with Crippen LogP contribution >= 0.6 is 46.1 Å². The zero-order chi connectivity index (χ0) is 19.7. The van der Waals surface area contributed by atoms with Gasteiger partial charge >= 0.3 is 0 Å². The van der Waals surface area contributed by atoms with Crippen molar-refractivity contribution in [3.63, 3.8) is 0 Å². The van der Waals surface area contributed by atoms with E-state index >= 15 is 0 Å². The van der Waals surface area contributed by atoms with Crippen molar-refractivity contribution in [1.82, 2.24) is 4.98 Å². The van der Waals surface area contributed by atoms with Gasteiger partial charge in [-0.1, -0.05) is 46.1 Å². The molecule has 3 aromatic rings. The summed E-state index contributed by atoms with van der Waals surface area (Å²) in [5.74, 6) is -0.432. The third kappa shape index (κ3) is 4.17. The summed E-state index contributed by atoms with van der Waals surface area (Å²) >= 11 is 19.2. The van der Waals surface area contributed by atoms with Crippen molar-refractivity contribution in [2.45, 2.75) is 13.8 Å². The summed E-state index contributed by atoms with van der Waals surface area (Å²) in [6.45, 7) is 3.20. The lowest BCUT2D eigenvalue weighted by molar-refractivity contribution is 0.0996. The van der Waals surface area contributed by atoms with E-state index in [1.165, 1.54) is 11.8 Å². The molecule has 4 nitrogen and oxygen atoms in total. The van der Waals surface area contributed by atoms with Gasteiger partial charge in [0.25, 0.3) is 5.91 Å². The van der Waals surface area contributed by atoms with Crippen molar-refractivity contribution in [1.29, 1.82) is 0 Å². The van der Waals surface area contributed by atoms with Gasteiger partial charge in [-0.15, -0.1) is 0 Å². The van der Waals surface area contributed by atoms with Gasteiger partial charge in [-0.05, 0) is 49.4 Å². The number of aryl methyl sites for hydroxylation is 1. The molecule has 0 bridgehead atoms. The van der Waals surface area contributed by atoms with Gasteiger partial charge in [-0.3, -0.25) is 14.5 Å². The number of benzene rings is 2. The van der Waals surface area contributed by atoms with E-state index in [9.17, 15) is 9.59 Å². The Morgan fingerprint density at radius 2 is 1.67 bits per heavy atom. The Labute approximate surface area is 175 Å². The van der Waals surface area contributed by atoms with E-state index in [0.29, 0.717) is 42.0 Å². The van der Waals surface area contributed by atoms with Crippen molar-refractivity contribution in [2.75, 3.05) is 4.90 Å². The number of ketones is 1. The van der Waals surface area contributed by atoms with Crippen LogP contribution in [-0.4, -0.2) is 16.7 Å². The van der Waals surface area contributed by atoms with E-state index in [0.717, 1.165) is 11.3 Å². The molecule has 138 valence electrons. The smallest absolute Gasteiger partial charge is 0.264 e. The van der Waals surface area contributed by atoms with Crippen LogP contribution in [-0.2, 0) is 0 Å². The molecule has 8 heteroatoms. The predicted molar refractivity (Wildman–Crippen MR) is 111 cm³/mol. The van der Waals surface area contributed by atoms with Crippen LogP contribution in [0.2, 0.25) is 15.1 Å². The van der Waals surface area contributed by atoms with Crippen LogP contribution in [0, 0.1) is 6.92 Å². The maximum absolute atomic E-state index is 13.2. The van der Waals surface area contributed by atoms with Crippen LogP contribution in [0.3, 0.4) is 0 Å². The van der Waals surface area contributed by atoms with E-state index < -0.39 is 0 Å². The molecule has 0 aliphatic rings. The number of rotatable bonds is 4. The molecule has 0 saturated carbocycles. The highest BCUT2D eigenvalue weighted by atomic mass is 35.5. The molecule has 0 spiro atoms. The summed E-state index contributed by atoms with van der Waals surface area (Å²) in [7, 11) is 0. The fourth-order valence-electron chi connectivity index (χ4n) is 2.46. The van der Waals surface area contributed by atoms with Crippen molar-refractivity contribution in [3.05, 3.63) is 73.7 Å². The number of carbonyl (C=O) groups excluding carboxylic acids is 2. The Hall–Kier alpha value is -1.92. The topological polar surface area (TPSA) is 50.3 Å². The Morgan fingerprint density at radius 1 is 1.00 bits per heavy atom. The fourth-order valence-corrected chi connectivity index (χ4v) is 3.86. The maximum atomic E-state index is 13.2. The molecule has 0 fully saturated rings. The number of nitrogens with zero attached hydrogens (tertiary/aromatic N) is 2. The highest BCUT2D eigenvalue weighted by molar-refractivity contribution is 7.18. The Morgan fingerprint density at radius 3 is 2.22 bits per heavy atom. The fraction of sp³-hybridized carbons (Fsp3) is 0.105.